The third kappa shape index (κ3) is 3.00. The molecule has 0 saturated carbocycles. The van der Waals surface area contributed by atoms with Gasteiger partial charge in [0, 0.05) is 11.4 Å². The molecule has 0 unspecified atom stereocenters. The van der Waals surface area contributed by atoms with Crippen LogP contribution < -0.4 is 0 Å². The molecule has 0 amide bonds. The van der Waals surface area contributed by atoms with Gasteiger partial charge in [-0.05, 0) is 31.5 Å². The van der Waals surface area contributed by atoms with Crippen molar-refractivity contribution in [3.05, 3.63) is 45.5 Å². The van der Waals surface area contributed by atoms with E-state index in [1.165, 1.54) is 4.88 Å². The second-order valence-electron chi connectivity index (χ2n) is 4.24. The topological polar surface area (TPSA) is 53.7 Å². The van der Waals surface area contributed by atoms with Crippen molar-refractivity contribution >= 4 is 17.3 Å². The lowest BCUT2D eigenvalue weighted by atomic mass is 10.2. The molecule has 0 fully saturated rings. The van der Waals surface area contributed by atoms with Gasteiger partial charge in [0.2, 0.25) is 0 Å². The standard InChI is InChI=1S/C13H15NO3S/c1-9-12(13(15)16)6-10(17-9)7-14(2)8-11-4-3-5-18-11/h3-6H,7-8H2,1-2H3,(H,15,16). The molecule has 4 nitrogen and oxygen atoms in total. The van der Waals surface area contributed by atoms with Gasteiger partial charge in [-0.25, -0.2) is 4.79 Å². The van der Waals surface area contributed by atoms with E-state index in [1.807, 2.05) is 18.5 Å². The maximum Gasteiger partial charge on any atom is 0.339 e. The first-order valence-electron chi connectivity index (χ1n) is 5.60. The number of hydrogen-bond acceptors (Lipinski definition) is 4. The van der Waals surface area contributed by atoms with Gasteiger partial charge in [0.25, 0.3) is 0 Å². The molecule has 18 heavy (non-hydrogen) atoms. The molecule has 5 heteroatoms. The van der Waals surface area contributed by atoms with Crippen molar-refractivity contribution in [2.45, 2.75) is 20.0 Å². The van der Waals surface area contributed by atoms with Crippen molar-refractivity contribution in [3.8, 4) is 0 Å². The summed E-state index contributed by atoms with van der Waals surface area (Å²) in [5, 5.41) is 11.0. The molecule has 0 saturated heterocycles. The smallest absolute Gasteiger partial charge is 0.339 e. The van der Waals surface area contributed by atoms with E-state index >= 15 is 0 Å². The number of hydrogen-bond donors (Lipinski definition) is 1. The van der Waals surface area contributed by atoms with Crippen LogP contribution in [0, 0.1) is 6.92 Å². The number of aromatic carboxylic acids is 1. The maximum atomic E-state index is 10.9. The summed E-state index contributed by atoms with van der Waals surface area (Å²) in [5.74, 6) is 0.203. The average Bonchev–Trinajstić information content (AvgIpc) is 2.88. The summed E-state index contributed by atoms with van der Waals surface area (Å²) < 4.78 is 5.45. The summed E-state index contributed by atoms with van der Waals surface area (Å²) in [6, 6.07) is 5.70. The van der Waals surface area contributed by atoms with E-state index in [-0.39, 0.29) is 5.56 Å². The normalized spacial score (nSPS) is 11.1. The second-order valence-corrected chi connectivity index (χ2v) is 5.27. The molecule has 0 radical (unpaired) electrons. The largest absolute Gasteiger partial charge is 0.478 e. The van der Waals surface area contributed by atoms with Gasteiger partial charge in [-0.2, -0.15) is 0 Å². The van der Waals surface area contributed by atoms with E-state index in [1.54, 1.807) is 24.3 Å². The predicted molar refractivity (Wildman–Crippen MR) is 69.9 cm³/mol. The lowest BCUT2D eigenvalue weighted by Crippen LogP contribution is -2.16. The van der Waals surface area contributed by atoms with E-state index in [0.717, 1.165) is 6.54 Å². The Morgan fingerprint density at radius 3 is 2.83 bits per heavy atom. The van der Waals surface area contributed by atoms with Crippen molar-refractivity contribution in [2.75, 3.05) is 7.05 Å². The maximum absolute atomic E-state index is 10.9. The molecule has 2 aromatic rings. The summed E-state index contributed by atoms with van der Waals surface area (Å²) in [7, 11) is 1.98. The highest BCUT2D eigenvalue weighted by molar-refractivity contribution is 7.09. The minimum Gasteiger partial charge on any atom is -0.478 e. The highest BCUT2D eigenvalue weighted by Gasteiger charge is 2.14. The van der Waals surface area contributed by atoms with Gasteiger partial charge in [0.15, 0.2) is 0 Å². The van der Waals surface area contributed by atoms with Crippen LogP contribution in [0.5, 0.6) is 0 Å². The number of carbonyl (C=O) groups is 1. The number of aryl methyl sites for hydroxylation is 1. The first-order valence-corrected chi connectivity index (χ1v) is 6.47. The lowest BCUT2D eigenvalue weighted by molar-refractivity contribution is 0.0695. The molecule has 0 aromatic carbocycles. The number of nitrogens with zero attached hydrogens (tertiary/aromatic N) is 1. The average molecular weight is 265 g/mol. The fourth-order valence-electron chi connectivity index (χ4n) is 1.82. The Bertz CT molecular complexity index is 530. The van der Waals surface area contributed by atoms with Gasteiger partial charge < -0.3 is 9.52 Å². The Morgan fingerprint density at radius 1 is 1.50 bits per heavy atom. The molecule has 0 atom stereocenters. The van der Waals surface area contributed by atoms with Crippen LogP contribution >= 0.6 is 11.3 Å². The fourth-order valence-corrected chi connectivity index (χ4v) is 2.61. The van der Waals surface area contributed by atoms with Gasteiger partial charge >= 0.3 is 5.97 Å². The van der Waals surface area contributed by atoms with Gasteiger partial charge in [0.05, 0.1) is 6.54 Å². The molecule has 0 bridgehead atoms. The third-order valence-corrected chi connectivity index (χ3v) is 3.49. The molecule has 2 rings (SSSR count). The minimum absolute atomic E-state index is 0.245. The monoisotopic (exact) mass is 265 g/mol. The van der Waals surface area contributed by atoms with E-state index in [0.29, 0.717) is 18.1 Å². The first kappa shape index (κ1) is 12.9. The van der Waals surface area contributed by atoms with E-state index < -0.39 is 5.97 Å². The van der Waals surface area contributed by atoms with Crippen molar-refractivity contribution < 1.29 is 14.3 Å². The van der Waals surface area contributed by atoms with Crippen molar-refractivity contribution in [2.24, 2.45) is 0 Å². The molecule has 2 aromatic heterocycles. The van der Waals surface area contributed by atoms with Crippen LogP contribution in [0.4, 0.5) is 0 Å². The Morgan fingerprint density at radius 2 is 2.28 bits per heavy atom. The molecule has 0 spiro atoms. The Balaban J connectivity index is 2.01. The van der Waals surface area contributed by atoms with Crippen LogP contribution in [0.2, 0.25) is 0 Å². The van der Waals surface area contributed by atoms with Crippen LogP contribution in [0.3, 0.4) is 0 Å². The number of carboxylic acids is 1. The van der Waals surface area contributed by atoms with Crippen LogP contribution in [0.25, 0.3) is 0 Å². The summed E-state index contributed by atoms with van der Waals surface area (Å²) in [6.07, 6.45) is 0. The summed E-state index contributed by atoms with van der Waals surface area (Å²) >= 11 is 1.71. The number of furan rings is 1. The minimum atomic E-state index is -0.941. The van der Waals surface area contributed by atoms with Crippen LogP contribution in [0.1, 0.15) is 26.8 Å². The van der Waals surface area contributed by atoms with Gasteiger partial charge in [0.1, 0.15) is 17.1 Å². The second kappa shape index (κ2) is 5.37. The molecule has 96 valence electrons. The zero-order valence-corrected chi connectivity index (χ0v) is 11.2. The summed E-state index contributed by atoms with van der Waals surface area (Å²) in [4.78, 5) is 14.3. The SMILES string of the molecule is Cc1oc(CN(C)Cc2cccs2)cc1C(=O)O. The Kier molecular flexibility index (Phi) is 3.84. The van der Waals surface area contributed by atoms with Gasteiger partial charge in [-0.1, -0.05) is 6.07 Å². The molecule has 0 aliphatic rings. The number of thiophene rings is 1. The molecule has 2 heterocycles. The molecule has 0 aliphatic carbocycles. The van der Waals surface area contributed by atoms with Crippen molar-refractivity contribution in [1.29, 1.82) is 0 Å². The highest BCUT2D eigenvalue weighted by Crippen LogP contribution is 2.17. The molecular weight excluding hydrogens is 250 g/mol. The zero-order chi connectivity index (χ0) is 13.1. The van der Waals surface area contributed by atoms with Crippen LogP contribution in [0.15, 0.2) is 28.0 Å². The van der Waals surface area contributed by atoms with Crippen LogP contribution in [-0.4, -0.2) is 23.0 Å². The van der Waals surface area contributed by atoms with E-state index in [2.05, 4.69) is 11.0 Å². The number of carboxylic acid groups (broad SMARTS) is 1. The first-order chi connectivity index (χ1) is 8.56. The zero-order valence-electron chi connectivity index (χ0n) is 10.3. The highest BCUT2D eigenvalue weighted by atomic mass is 32.1. The molecular formula is C13H15NO3S. The van der Waals surface area contributed by atoms with Crippen molar-refractivity contribution in [1.82, 2.24) is 4.90 Å². The summed E-state index contributed by atoms with van der Waals surface area (Å²) in [6.45, 7) is 3.11. The Labute approximate surface area is 109 Å². The van der Waals surface area contributed by atoms with Gasteiger partial charge in [-0.3, -0.25) is 4.90 Å². The fraction of sp³-hybridized carbons (Fsp3) is 0.308. The van der Waals surface area contributed by atoms with Gasteiger partial charge in [-0.15, -0.1) is 11.3 Å². The number of rotatable bonds is 5. The lowest BCUT2D eigenvalue weighted by Gasteiger charge is -2.13. The van der Waals surface area contributed by atoms with E-state index in [9.17, 15) is 4.79 Å². The third-order valence-electron chi connectivity index (χ3n) is 2.63. The van der Waals surface area contributed by atoms with E-state index in [4.69, 9.17) is 9.52 Å². The molecule has 1 N–H and O–H groups in total. The Hall–Kier alpha value is -1.59. The predicted octanol–water partition coefficient (Wildman–Crippen LogP) is 2.98. The quantitative estimate of drug-likeness (QED) is 0.903. The van der Waals surface area contributed by atoms with Crippen molar-refractivity contribution in [3.63, 3.8) is 0 Å². The molecule has 0 aliphatic heterocycles. The van der Waals surface area contributed by atoms with Crippen LogP contribution in [-0.2, 0) is 13.1 Å². The summed E-state index contributed by atoms with van der Waals surface area (Å²) in [5.41, 5.74) is 0.245.